The van der Waals surface area contributed by atoms with Crippen LogP contribution in [0.3, 0.4) is 0 Å². The second-order valence-electron chi connectivity index (χ2n) is 2.68. The Morgan fingerprint density at radius 3 is 2.07 bits per heavy atom. The molecule has 0 aromatic heterocycles. The predicted molar refractivity (Wildman–Crippen MR) is 50.6 cm³/mol. The van der Waals surface area contributed by atoms with Crippen molar-refractivity contribution in [1.29, 1.82) is 0 Å². The van der Waals surface area contributed by atoms with Gasteiger partial charge in [-0.1, -0.05) is 6.08 Å². The molecule has 0 N–H and O–H groups in total. The molecule has 0 saturated carbocycles. The zero-order valence-corrected chi connectivity index (χ0v) is 8.65. The normalized spacial score (nSPS) is 10.1. The summed E-state index contributed by atoms with van der Waals surface area (Å²) in [6.45, 7) is 3.91. The van der Waals surface area contributed by atoms with Gasteiger partial charge in [0.2, 0.25) is 6.04 Å². The third kappa shape index (κ3) is 3.18. The first kappa shape index (κ1) is 12.6. The number of nitrogens with zero attached hydrogens (tertiary/aromatic N) is 1. The minimum atomic E-state index is -1.03. The Balaban J connectivity index is 4.61. The van der Waals surface area contributed by atoms with Crippen LogP contribution in [0.15, 0.2) is 12.7 Å². The van der Waals surface area contributed by atoms with E-state index >= 15 is 0 Å². The van der Waals surface area contributed by atoms with Gasteiger partial charge in [0.05, 0.1) is 14.2 Å². The van der Waals surface area contributed by atoms with Gasteiger partial charge in [0, 0.05) is 6.54 Å². The molecule has 0 aliphatic rings. The van der Waals surface area contributed by atoms with Gasteiger partial charge in [0.1, 0.15) is 0 Å². The molecule has 0 aliphatic heterocycles. The van der Waals surface area contributed by atoms with E-state index in [0.29, 0.717) is 6.54 Å². The molecule has 0 amide bonds. The van der Waals surface area contributed by atoms with Gasteiger partial charge in [-0.3, -0.25) is 4.90 Å². The van der Waals surface area contributed by atoms with Crippen LogP contribution in [0.5, 0.6) is 0 Å². The fourth-order valence-corrected chi connectivity index (χ4v) is 0.988. The first-order valence-electron chi connectivity index (χ1n) is 4.05. The fraction of sp³-hybridized carbons (Fsp3) is 0.556. The molecule has 0 unspecified atom stereocenters. The molecule has 0 atom stereocenters. The van der Waals surface area contributed by atoms with Crippen molar-refractivity contribution >= 4 is 11.9 Å². The maximum Gasteiger partial charge on any atom is 0.334 e. The van der Waals surface area contributed by atoms with Crippen LogP contribution in [0.2, 0.25) is 0 Å². The molecule has 0 saturated heterocycles. The van der Waals surface area contributed by atoms with E-state index in [2.05, 4.69) is 16.1 Å². The van der Waals surface area contributed by atoms with Crippen molar-refractivity contribution in [3.8, 4) is 0 Å². The third-order valence-corrected chi connectivity index (χ3v) is 1.71. The summed E-state index contributed by atoms with van der Waals surface area (Å²) in [5.74, 6) is -1.28. The van der Waals surface area contributed by atoms with Crippen LogP contribution in [-0.4, -0.2) is 50.7 Å². The van der Waals surface area contributed by atoms with Crippen LogP contribution in [0.4, 0.5) is 0 Å². The molecular weight excluding hydrogens is 186 g/mol. The van der Waals surface area contributed by atoms with E-state index in [0.717, 1.165) is 0 Å². The molecule has 0 aliphatic carbocycles. The number of esters is 2. The average molecular weight is 201 g/mol. The monoisotopic (exact) mass is 201 g/mol. The first-order valence-corrected chi connectivity index (χ1v) is 4.05. The molecular formula is C9H15NO4. The molecule has 0 radical (unpaired) electrons. The first-order chi connectivity index (χ1) is 6.58. The van der Waals surface area contributed by atoms with Gasteiger partial charge in [-0.05, 0) is 7.05 Å². The number of hydrogen-bond acceptors (Lipinski definition) is 5. The maximum atomic E-state index is 11.2. The summed E-state index contributed by atoms with van der Waals surface area (Å²) in [6.07, 6.45) is 1.58. The van der Waals surface area contributed by atoms with Crippen LogP contribution in [-0.2, 0) is 19.1 Å². The quantitative estimate of drug-likeness (QED) is 0.351. The van der Waals surface area contributed by atoms with Gasteiger partial charge >= 0.3 is 11.9 Å². The predicted octanol–water partition coefficient (Wildman–Crippen LogP) is -0.181. The molecule has 0 rings (SSSR count). The Hall–Kier alpha value is -1.36. The van der Waals surface area contributed by atoms with Gasteiger partial charge in [0.15, 0.2) is 0 Å². The van der Waals surface area contributed by atoms with Crippen molar-refractivity contribution in [3.63, 3.8) is 0 Å². The van der Waals surface area contributed by atoms with Crippen molar-refractivity contribution in [2.75, 3.05) is 27.8 Å². The van der Waals surface area contributed by atoms with Gasteiger partial charge in [-0.15, -0.1) is 6.58 Å². The second kappa shape index (κ2) is 6.15. The molecule has 5 nitrogen and oxygen atoms in total. The third-order valence-electron chi connectivity index (χ3n) is 1.71. The molecule has 80 valence electrons. The van der Waals surface area contributed by atoms with E-state index in [4.69, 9.17) is 0 Å². The van der Waals surface area contributed by atoms with E-state index in [1.54, 1.807) is 13.1 Å². The number of carbonyl (C=O) groups is 2. The van der Waals surface area contributed by atoms with Crippen LogP contribution in [0.1, 0.15) is 0 Å². The molecule has 5 heteroatoms. The highest BCUT2D eigenvalue weighted by Crippen LogP contribution is 2.01. The minimum Gasteiger partial charge on any atom is -0.467 e. The van der Waals surface area contributed by atoms with Crippen molar-refractivity contribution in [2.45, 2.75) is 6.04 Å². The molecule has 0 fully saturated rings. The van der Waals surface area contributed by atoms with Crippen molar-refractivity contribution < 1.29 is 19.1 Å². The van der Waals surface area contributed by atoms with Crippen LogP contribution in [0, 0.1) is 0 Å². The summed E-state index contributed by atoms with van der Waals surface area (Å²) in [7, 11) is 4.06. The van der Waals surface area contributed by atoms with Gasteiger partial charge in [0.25, 0.3) is 0 Å². The molecule has 14 heavy (non-hydrogen) atoms. The summed E-state index contributed by atoms with van der Waals surface area (Å²) >= 11 is 0. The Bertz CT molecular complexity index is 211. The van der Waals surface area contributed by atoms with E-state index in [9.17, 15) is 9.59 Å². The smallest absolute Gasteiger partial charge is 0.334 e. The van der Waals surface area contributed by atoms with Crippen molar-refractivity contribution in [2.24, 2.45) is 0 Å². The maximum absolute atomic E-state index is 11.2. The van der Waals surface area contributed by atoms with E-state index in [-0.39, 0.29) is 0 Å². The minimum absolute atomic E-state index is 0.398. The highest BCUT2D eigenvalue weighted by molar-refractivity contribution is 5.99. The number of ether oxygens (including phenoxy) is 2. The largest absolute Gasteiger partial charge is 0.467 e. The fourth-order valence-electron chi connectivity index (χ4n) is 0.988. The van der Waals surface area contributed by atoms with Gasteiger partial charge in [-0.25, -0.2) is 9.59 Å². The molecule has 0 bridgehead atoms. The summed E-state index contributed by atoms with van der Waals surface area (Å²) in [4.78, 5) is 23.9. The van der Waals surface area contributed by atoms with Crippen molar-refractivity contribution in [1.82, 2.24) is 4.90 Å². The number of likely N-dealkylation sites (N-methyl/N-ethyl adjacent to an activating group) is 1. The highest BCUT2D eigenvalue weighted by atomic mass is 16.5. The summed E-state index contributed by atoms with van der Waals surface area (Å²) in [5, 5.41) is 0. The lowest BCUT2D eigenvalue weighted by molar-refractivity contribution is -0.159. The van der Waals surface area contributed by atoms with E-state index < -0.39 is 18.0 Å². The van der Waals surface area contributed by atoms with Gasteiger partial charge in [-0.2, -0.15) is 0 Å². The number of rotatable bonds is 5. The molecule has 0 aromatic rings. The topological polar surface area (TPSA) is 55.8 Å². The van der Waals surface area contributed by atoms with E-state index in [1.165, 1.54) is 19.1 Å². The molecule has 0 aromatic carbocycles. The molecule has 0 heterocycles. The lowest BCUT2D eigenvalue weighted by Gasteiger charge is -2.21. The van der Waals surface area contributed by atoms with Crippen LogP contribution in [0.25, 0.3) is 0 Å². The van der Waals surface area contributed by atoms with Gasteiger partial charge < -0.3 is 9.47 Å². The zero-order valence-electron chi connectivity index (χ0n) is 8.65. The number of methoxy groups -OCH3 is 2. The Morgan fingerprint density at radius 2 is 1.79 bits per heavy atom. The Kier molecular flexibility index (Phi) is 5.55. The van der Waals surface area contributed by atoms with Crippen molar-refractivity contribution in [3.05, 3.63) is 12.7 Å². The Morgan fingerprint density at radius 1 is 1.36 bits per heavy atom. The summed E-state index contributed by atoms with van der Waals surface area (Å²) < 4.78 is 8.97. The van der Waals surface area contributed by atoms with Crippen LogP contribution < -0.4 is 0 Å². The lowest BCUT2D eigenvalue weighted by Crippen LogP contribution is -2.46. The standard InChI is InChI=1S/C9H15NO4/c1-5-6-10(2)7(8(11)13-3)9(12)14-4/h5,7H,1,6H2,2-4H3. The number of carbonyl (C=O) groups excluding carboxylic acids is 2. The second-order valence-corrected chi connectivity index (χ2v) is 2.68. The van der Waals surface area contributed by atoms with Crippen LogP contribution >= 0.6 is 0 Å². The average Bonchev–Trinajstić information content (AvgIpc) is 2.17. The Labute approximate surface area is 83.3 Å². The summed E-state index contributed by atoms with van der Waals surface area (Å²) in [6, 6.07) is -1.03. The SMILES string of the molecule is C=CCN(C)C(C(=O)OC)C(=O)OC. The van der Waals surface area contributed by atoms with E-state index in [1.807, 2.05) is 0 Å². The summed E-state index contributed by atoms with van der Waals surface area (Å²) in [5.41, 5.74) is 0. The number of hydrogen-bond donors (Lipinski definition) is 0. The zero-order chi connectivity index (χ0) is 11.1. The highest BCUT2D eigenvalue weighted by Gasteiger charge is 2.31. The molecule has 0 spiro atoms. The lowest BCUT2D eigenvalue weighted by atomic mass is 10.2.